The maximum atomic E-state index is 10.9. The normalized spacial score (nSPS) is 13.7. The lowest BCUT2D eigenvalue weighted by Gasteiger charge is -2.13. The number of ether oxygens (including phenoxy) is 1. The van der Waals surface area contributed by atoms with Gasteiger partial charge >= 0.3 is 0 Å². The molecule has 0 aliphatic rings. The molecule has 0 spiro atoms. The van der Waals surface area contributed by atoms with Gasteiger partial charge in [-0.1, -0.05) is 12.1 Å². The highest BCUT2D eigenvalue weighted by Crippen LogP contribution is 2.23. The maximum Gasteiger partial charge on any atom is 0.235 e. The molecule has 1 aromatic carbocycles. The van der Waals surface area contributed by atoms with E-state index in [2.05, 4.69) is 0 Å². The molecule has 0 aliphatic heterocycles. The second kappa shape index (κ2) is 4.83. The van der Waals surface area contributed by atoms with Gasteiger partial charge in [0.05, 0.1) is 11.9 Å². The van der Waals surface area contributed by atoms with Crippen molar-refractivity contribution >= 4 is 19.7 Å². The highest BCUT2D eigenvalue weighted by atomic mass is 35.7. The van der Waals surface area contributed by atoms with E-state index in [1.807, 2.05) is 0 Å². The molecule has 0 aliphatic carbocycles. The number of methoxy groups -OCH3 is 1. The second-order valence-electron chi connectivity index (χ2n) is 3.02. The molecule has 1 rings (SSSR count). The first-order chi connectivity index (χ1) is 6.92. The molecule has 0 saturated carbocycles. The Balaban J connectivity index is 2.93. The van der Waals surface area contributed by atoms with E-state index < -0.39 is 15.2 Å². The summed E-state index contributed by atoms with van der Waals surface area (Å²) in [4.78, 5) is 0. The summed E-state index contributed by atoms with van der Waals surface area (Å²) >= 11 is 0. The third-order valence-electron chi connectivity index (χ3n) is 1.88. The van der Waals surface area contributed by atoms with E-state index in [9.17, 15) is 13.5 Å². The van der Waals surface area contributed by atoms with Crippen molar-refractivity contribution in [1.82, 2.24) is 0 Å². The Labute approximate surface area is 92.9 Å². The van der Waals surface area contributed by atoms with Gasteiger partial charge in [0.25, 0.3) is 0 Å². The summed E-state index contributed by atoms with van der Waals surface area (Å²) in [6.07, 6.45) is -0.667. The van der Waals surface area contributed by atoms with E-state index in [-0.39, 0.29) is 11.5 Å². The Morgan fingerprint density at radius 1 is 1.53 bits per heavy atom. The average molecular weight is 251 g/mol. The summed E-state index contributed by atoms with van der Waals surface area (Å²) in [6.45, 7) is 0. The van der Waals surface area contributed by atoms with Gasteiger partial charge in [-0.15, -0.1) is 0 Å². The summed E-state index contributed by atoms with van der Waals surface area (Å²) in [5.41, 5.74) is 0.571. The van der Waals surface area contributed by atoms with Gasteiger partial charge in [0.2, 0.25) is 9.05 Å². The molecular weight excluding hydrogens is 240 g/mol. The topological polar surface area (TPSA) is 63.6 Å². The zero-order valence-electron chi connectivity index (χ0n) is 8.05. The molecule has 0 heterocycles. The van der Waals surface area contributed by atoms with Crippen LogP contribution in [0.15, 0.2) is 24.3 Å². The van der Waals surface area contributed by atoms with Crippen LogP contribution in [0, 0.1) is 0 Å². The molecule has 15 heavy (non-hydrogen) atoms. The first kappa shape index (κ1) is 12.3. The lowest BCUT2D eigenvalue weighted by Crippen LogP contribution is -2.12. The highest BCUT2D eigenvalue weighted by molar-refractivity contribution is 8.13. The van der Waals surface area contributed by atoms with Gasteiger partial charge in [0.15, 0.2) is 0 Å². The number of phenols is 1. The molecule has 4 nitrogen and oxygen atoms in total. The Morgan fingerprint density at radius 2 is 2.20 bits per heavy atom. The summed E-state index contributed by atoms with van der Waals surface area (Å²) in [7, 11) is 2.88. The van der Waals surface area contributed by atoms with Gasteiger partial charge in [-0.05, 0) is 17.7 Å². The zero-order chi connectivity index (χ0) is 11.5. The molecule has 0 radical (unpaired) electrons. The average Bonchev–Trinajstić information content (AvgIpc) is 2.13. The fraction of sp³-hybridized carbons (Fsp3) is 0.333. The van der Waals surface area contributed by atoms with E-state index in [1.165, 1.54) is 19.2 Å². The van der Waals surface area contributed by atoms with Crippen LogP contribution in [0.25, 0.3) is 0 Å². The van der Waals surface area contributed by atoms with Crippen molar-refractivity contribution in [2.45, 2.75) is 6.10 Å². The van der Waals surface area contributed by atoms with Crippen LogP contribution in [0.2, 0.25) is 0 Å². The smallest absolute Gasteiger partial charge is 0.235 e. The van der Waals surface area contributed by atoms with Crippen LogP contribution in [0.5, 0.6) is 5.75 Å². The molecule has 6 heteroatoms. The fourth-order valence-corrected chi connectivity index (χ4v) is 2.24. The quantitative estimate of drug-likeness (QED) is 0.826. The van der Waals surface area contributed by atoms with Crippen molar-refractivity contribution in [1.29, 1.82) is 0 Å². The van der Waals surface area contributed by atoms with Gasteiger partial charge in [-0.25, -0.2) is 8.42 Å². The van der Waals surface area contributed by atoms with Gasteiger partial charge in [-0.3, -0.25) is 0 Å². The lowest BCUT2D eigenvalue weighted by molar-refractivity contribution is 0.122. The maximum absolute atomic E-state index is 10.9. The van der Waals surface area contributed by atoms with Crippen molar-refractivity contribution in [2.24, 2.45) is 0 Å². The van der Waals surface area contributed by atoms with Crippen LogP contribution in [0.4, 0.5) is 0 Å². The fourth-order valence-electron chi connectivity index (χ4n) is 1.21. The number of hydrogen-bond donors (Lipinski definition) is 1. The number of phenolic OH excluding ortho intramolecular Hbond substituents is 1. The van der Waals surface area contributed by atoms with E-state index in [1.54, 1.807) is 12.1 Å². The summed E-state index contributed by atoms with van der Waals surface area (Å²) < 4.78 is 26.8. The first-order valence-electron chi connectivity index (χ1n) is 4.16. The SMILES string of the molecule is COC(CS(=O)(=O)Cl)c1cccc(O)c1. The van der Waals surface area contributed by atoms with Crippen molar-refractivity contribution in [2.75, 3.05) is 12.9 Å². The summed E-state index contributed by atoms with van der Waals surface area (Å²) in [5, 5.41) is 9.22. The predicted molar refractivity (Wildman–Crippen MR) is 57.5 cm³/mol. The Kier molecular flexibility index (Phi) is 3.96. The van der Waals surface area contributed by atoms with Crippen LogP contribution >= 0.6 is 10.7 Å². The van der Waals surface area contributed by atoms with Gasteiger partial charge < -0.3 is 9.84 Å². The molecule has 0 aromatic heterocycles. The van der Waals surface area contributed by atoms with Crippen LogP contribution in [-0.4, -0.2) is 26.4 Å². The molecular formula is C9H11ClO4S. The minimum absolute atomic E-state index is 0.0570. The number of aromatic hydroxyl groups is 1. The van der Waals surface area contributed by atoms with E-state index in [0.717, 1.165) is 0 Å². The molecule has 1 N–H and O–H groups in total. The second-order valence-corrected chi connectivity index (χ2v) is 5.85. The highest BCUT2D eigenvalue weighted by Gasteiger charge is 2.18. The van der Waals surface area contributed by atoms with Gasteiger partial charge in [0.1, 0.15) is 5.75 Å². The Morgan fingerprint density at radius 3 is 2.67 bits per heavy atom. The van der Waals surface area contributed by atoms with Crippen molar-refractivity contribution in [3.63, 3.8) is 0 Å². The van der Waals surface area contributed by atoms with Crippen LogP contribution in [0.1, 0.15) is 11.7 Å². The lowest BCUT2D eigenvalue weighted by atomic mass is 10.1. The molecule has 84 valence electrons. The van der Waals surface area contributed by atoms with E-state index in [4.69, 9.17) is 15.4 Å². The van der Waals surface area contributed by atoms with E-state index in [0.29, 0.717) is 5.56 Å². The minimum atomic E-state index is -3.63. The number of rotatable bonds is 4. The van der Waals surface area contributed by atoms with Crippen molar-refractivity contribution in [3.05, 3.63) is 29.8 Å². The molecule has 1 aromatic rings. The van der Waals surface area contributed by atoms with Crippen LogP contribution in [-0.2, 0) is 13.8 Å². The third kappa shape index (κ3) is 4.07. The van der Waals surface area contributed by atoms with E-state index >= 15 is 0 Å². The minimum Gasteiger partial charge on any atom is -0.508 e. The largest absolute Gasteiger partial charge is 0.508 e. The van der Waals surface area contributed by atoms with Crippen LogP contribution < -0.4 is 0 Å². The Hall–Kier alpha value is -0.780. The molecule has 1 atom stereocenters. The predicted octanol–water partition coefficient (Wildman–Crippen LogP) is 1.65. The van der Waals surface area contributed by atoms with Crippen molar-refractivity contribution in [3.8, 4) is 5.75 Å². The monoisotopic (exact) mass is 250 g/mol. The van der Waals surface area contributed by atoms with Gasteiger partial charge in [-0.2, -0.15) is 0 Å². The molecule has 0 amide bonds. The molecule has 1 unspecified atom stereocenters. The number of hydrogen-bond acceptors (Lipinski definition) is 4. The van der Waals surface area contributed by atoms with Crippen molar-refractivity contribution < 1.29 is 18.3 Å². The molecule has 0 saturated heterocycles. The summed E-state index contributed by atoms with van der Waals surface area (Å²) in [5.74, 6) is -0.268. The molecule has 0 fully saturated rings. The first-order valence-corrected chi connectivity index (χ1v) is 6.64. The number of halogens is 1. The number of benzene rings is 1. The standard InChI is InChI=1S/C9H11ClO4S/c1-14-9(6-15(10,12)13)7-3-2-4-8(11)5-7/h2-5,9,11H,6H2,1H3. The zero-order valence-corrected chi connectivity index (χ0v) is 9.62. The third-order valence-corrected chi connectivity index (χ3v) is 2.96. The molecule has 0 bridgehead atoms. The summed E-state index contributed by atoms with van der Waals surface area (Å²) in [6, 6.07) is 6.20. The van der Waals surface area contributed by atoms with Gasteiger partial charge in [0, 0.05) is 17.8 Å². The van der Waals surface area contributed by atoms with Crippen LogP contribution in [0.3, 0.4) is 0 Å². The Bertz CT molecular complexity index is 429.